The van der Waals surface area contributed by atoms with Crippen LogP contribution >= 0.6 is 0 Å². The molecule has 1 atom stereocenters. The highest BCUT2D eigenvalue weighted by atomic mass is 32.2. The molecule has 3 aromatic rings. The van der Waals surface area contributed by atoms with Gasteiger partial charge in [0.15, 0.2) is 6.10 Å². The summed E-state index contributed by atoms with van der Waals surface area (Å²) in [5.41, 5.74) is 2.89. The Morgan fingerprint density at radius 1 is 0.939 bits per heavy atom. The number of ether oxygens (including phenoxy) is 2. The van der Waals surface area contributed by atoms with E-state index in [1.165, 1.54) is 19.2 Å². The monoisotopic (exact) mass is 468 g/mol. The highest BCUT2D eigenvalue weighted by Gasteiger charge is 2.20. The third kappa shape index (κ3) is 6.26. The van der Waals surface area contributed by atoms with E-state index in [1.54, 1.807) is 36.4 Å². The van der Waals surface area contributed by atoms with Crippen LogP contribution in [0.4, 0.5) is 11.4 Å². The Balaban J connectivity index is 1.67. The molecule has 0 heterocycles. The maximum absolute atomic E-state index is 12.7. The average molecular weight is 469 g/mol. The molecule has 0 aliphatic heterocycles. The van der Waals surface area contributed by atoms with Crippen LogP contribution in [0.3, 0.4) is 0 Å². The Kier molecular flexibility index (Phi) is 7.60. The standard InChI is InChI=1S/C25H28N2O5S/c1-5-23(32-24-16-17(2)6-7-18(24)3)25(28)26-19-10-14-22(15-11-19)33(29,30)27-20-8-12-21(31-4)13-9-20/h6-16,23,27H,5H2,1-4H3,(H,26,28)/t23-/m0/s1. The molecule has 0 aliphatic rings. The zero-order chi connectivity index (χ0) is 24.0. The fourth-order valence-electron chi connectivity index (χ4n) is 3.12. The molecule has 0 spiro atoms. The van der Waals surface area contributed by atoms with E-state index in [9.17, 15) is 13.2 Å². The van der Waals surface area contributed by atoms with E-state index in [0.717, 1.165) is 11.1 Å². The first-order chi connectivity index (χ1) is 15.7. The van der Waals surface area contributed by atoms with E-state index in [1.807, 2.05) is 39.0 Å². The number of amides is 1. The van der Waals surface area contributed by atoms with Gasteiger partial charge in [-0.05, 0) is 86.0 Å². The highest BCUT2D eigenvalue weighted by Crippen LogP contribution is 2.23. The number of benzene rings is 3. The van der Waals surface area contributed by atoms with Crippen LogP contribution in [0, 0.1) is 13.8 Å². The van der Waals surface area contributed by atoms with Crippen molar-refractivity contribution in [1.82, 2.24) is 0 Å². The lowest BCUT2D eigenvalue weighted by Crippen LogP contribution is -2.32. The fourth-order valence-corrected chi connectivity index (χ4v) is 4.18. The zero-order valence-electron chi connectivity index (χ0n) is 19.1. The van der Waals surface area contributed by atoms with E-state index >= 15 is 0 Å². The molecule has 7 nitrogen and oxygen atoms in total. The predicted octanol–water partition coefficient (Wildman–Crippen LogP) is 4.91. The van der Waals surface area contributed by atoms with Gasteiger partial charge in [-0.25, -0.2) is 8.42 Å². The molecule has 174 valence electrons. The summed E-state index contributed by atoms with van der Waals surface area (Å²) < 4.78 is 38.9. The van der Waals surface area contributed by atoms with Crippen LogP contribution in [-0.2, 0) is 14.8 Å². The Bertz CT molecular complexity index is 1210. The minimum absolute atomic E-state index is 0.0787. The van der Waals surface area contributed by atoms with Crippen molar-refractivity contribution in [1.29, 1.82) is 0 Å². The van der Waals surface area contributed by atoms with Crippen molar-refractivity contribution in [3.63, 3.8) is 0 Å². The first kappa shape index (κ1) is 24.1. The first-order valence-corrected chi connectivity index (χ1v) is 12.0. The first-order valence-electron chi connectivity index (χ1n) is 10.5. The summed E-state index contributed by atoms with van der Waals surface area (Å²) in [5, 5.41) is 2.80. The van der Waals surface area contributed by atoms with Crippen molar-refractivity contribution in [2.45, 2.75) is 38.2 Å². The molecule has 0 fully saturated rings. The third-order valence-corrected chi connectivity index (χ3v) is 6.45. The molecule has 0 radical (unpaired) electrons. The number of rotatable bonds is 9. The second kappa shape index (κ2) is 10.4. The minimum Gasteiger partial charge on any atom is -0.497 e. The fraction of sp³-hybridized carbons (Fsp3) is 0.240. The van der Waals surface area contributed by atoms with Crippen LogP contribution in [0.25, 0.3) is 0 Å². The molecule has 0 aromatic heterocycles. The number of hydrogen-bond donors (Lipinski definition) is 2. The Hall–Kier alpha value is -3.52. The van der Waals surface area contributed by atoms with Crippen LogP contribution in [0.2, 0.25) is 0 Å². The van der Waals surface area contributed by atoms with Crippen LogP contribution in [-0.4, -0.2) is 27.5 Å². The van der Waals surface area contributed by atoms with Crippen molar-refractivity contribution in [2.75, 3.05) is 17.1 Å². The van der Waals surface area contributed by atoms with Gasteiger partial charge in [-0.3, -0.25) is 9.52 Å². The number of hydrogen-bond acceptors (Lipinski definition) is 5. The smallest absolute Gasteiger partial charge is 0.265 e. The molecule has 0 unspecified atom stereocenters. The molecule has 33 heavy (non-hydrogen) atoms. The van der Waals surface area contributed by atoms with Gasteiger partial charge in [-0.2, -0.15) is 0 Å². The van der Waals surface area contributed by atoms with Crippen molar-refractivity contribution in [3.8, 4) is 11.5 Å². The van der Waals surface area contributed by atoms with E-state index in [0.29, 0.717) is 29.3 Å². The molecule has 3 rings (SSSR count). The maximum Gasteiger partial charge on any atom is 0.265 e. The van der Waals surface area contributed by atoms with Gasteiger partial charge in [0, 0.05) is 11.4 Å². The van der Waals surface area contributed by atoms with Gasteiger partial charge in [0.1, 0.15) is 11.5 Å². The van der Waals surface area contributed by atoms with E-state index in [-0.39, 0.29) is 10.8 Å². The SMILES string of the molecule is CC[C@H](Oc1cc(C)ccc1C)C(=O)Nc1ccc(S(=O)(=O)Nc2ccc(OC)cc2)cc1. The van der Waals surface area contributed by atoms with E-state index < -0.39 is 16.1 Å². The second-order valence-electron chi connectivity index (χ2n) is 7.63. The normalized spacial score (nSPS) is 12.0. The van der Waals surface area contributed by atoms with Gasteiger partial charge >= 0.3 is 0 Å². The molecular weight excluding hydrogens is 440 g/mol. The molecule has 2 N–H and O–H groups in total. The lowest BCUT2D eigenvalue weighted by molar-refractivity contribution is -0.122. The average Bonchev–Trinajstić information content (AvgIpc) is 2.80. The summed E-state index contributed by atoms with van der Waals surface area (Å²) in [6.45, 7) is 5.76. The van der Waals surface area contributed by atoms with Crippen molar-refractivity contribution in [2.24, 2.45) is 0 Å². The van der Waals surface area contributed by atoms with Gasteiger partial charge in [-0.1, -0.05) is 19.1 Å². The highest BCUT2D eigenvalue weighted by molar-refractivity contribution is 7.92. The third-order valence-electron chi connectivity index (χ3n) is 5.05. The number of methoxy groups -OCH3 is 1. The molecule has 8 heteroatoms. The lowest BCUT2D eigenvalue weighted by atomic mass is 10.1. The molecular formula is C25H28N2O5S. The number of anilines is 2. The molecule has 1 amide bonds. The van der Waals surface area contributed by atoms with Gasteiger partial charge in [0.25, 0.3) is 15.9 Å². The molecule has 0 bridgehead atoms. The Labute approximate surface area is 194 Å². The Morgan fingerprint density at radius 2 is 1.58 bits per heavy atom. The van der Waals surface area contributed by atoms with Crippen LogP contribution in [0.5, 0.6) is 11.5 Å². The van der Waals surface area contributed by atoms with Gasteiger partial charge < -0.3 is 14.8 Å². The quantitative estimate of drug-likeness (QED) is 0.465. The minimum atomic E-state index is -3.78. The zero-order valence-corrected chi connectivity index (χ0v) is 19.9. The maximum atomic E-state index is 12.7. The van der Waals surface area contributed by atoms with E-state index in [2.05, 4.69) is 10.0 Å². The topological polar surface area (TPSA) is 93.7 Å². The number of carbonyl (C=O) groups excluding carboxylic acids is 1. The van der Waals surface area contributed by atoms with Gasteiger partial charge in [0.05, 0.1) is 12.0 Å². The van der Waals surface area contributed by atoms with Crippen molar-refractivity contribution in [3.05, 3.63) is 77.9 Å². The largest absolute Gasteiger partial charge is 0.497 e. The summed E-state index contributed by atoms with van der Waals surface area (Å²) in [6, 6.07) is 18.4. The van der Waals surface area contributed by atoms with Crippen molar-refractivity contribution < 1.29 is 22.7 Å². The lowest BCUT2D eigenvalue weighted by Gasteiger charge is -2.19. The second-order valence-corrected chi connectivity index (χ2v) is 9.31. The molecule has 3 aromatic carbocycles. The Morgan fingerprint density at radius 3 is 2.18 bits per heavy atom. The van der Waals surface area contributed by atoms with Crippen molar-refractivity contribution >= 4 is 27.3 Å². The number of nitrogens with one attached hydrogen (secondary N) is 2. The molecule has 0 saturated carbocycles. The predicted molar refractivity (Wildman–Crippen MR) is 129 cm³/mol. The summed E-state index contributed by atoms with van der Waals surface area (Å²) in [5.74, 6) is 0.999. The van der Waals surface area contributed by atoms with Crippen LogP contribution < -0.4 is 19.5 Å². The van der Waals surface area contributed by atoms with Crippen LogP contribution in [0.1, 0.15) is 24.5 Å². The summed E-state index contributed by atoms with van der Waals surface area (Å²) in [7, 11) is -2.24. The van der Waals surface area contributed by atoms with Gasteiger partial charge in [-0.15, -0.1) is 0 Å². The summed E-state index contributed by atoms with van der Waals surface area (Å²) in [4.78, 5) is 12.8. The molecule has 0 aliphatic carbocycles. The summed E-state index contributed by atoms with van der Waals surface area (Å²) in [6.07, 6.45) is -0.192. The number of sulfonamides is 1. The molecule has 0 saturated heterocycles. The number of carbonyl (C=O) groups is 1. The number of aryl methyl sites for hydroxylation is 2. The van der Waals surface area contributed by atoms with E-state index in [4.69, 9.17) is 9.47 Å². The van der Waals surface area contributed by atoms with Gasteiger partial charge in [0.2, 0.25) is 0 Å². The summed E-state index contributed by atoms with van der Waals surface area (Å²) >= 11 is 0. The van der Waals surface area contributed by atoms with Crippen LogP contribution in [0.15, 0.2) is 71.6 Å².